The number of nitrogens with two attached hydrogens (primary N) is 1. The summed E-state index contributed by atoms with van der Waals surface area (Å²) in [6.45, 7) is 3.79. The van der Waals surface area contributed by atoms with Crippen LogP contribution in [0.1, 0.15) is 24.5 Å². The van der Waals surface area contributed by atoms with Crippen molar-refractivity contribution in [2.24, 2.45) is 5.73 Å². The molecule has 3 nitrogen and oxygen atoms in total. The van der Waals surface area contributed by atoms with E-state index in [1.54, 1.807) is 12.4 Å². The molecule has 0 bridgehead atoms. The summed E-state index contributed by atoms with van der Waals surface area (Å²) >= 11 is 0.879. The van der Waals surface area contributed by atoms with Crippen molar-refractivity contribution < 1.29 is 8.78 Å². The molecule has 112 valence electrons. The van der Waals surface area contributed by atoms with E-state index in [1.807, 2.05) is 13.8 Å². The van der Waals surface area contributed by atoms with Gasteiger partial charge in [0.05, 0.1) is 4.90 Å². The van der Waals surface area contributed by atoms with Crippen LogP contribution in [0.3, 0.4) is 0 Å². The minimum atomic E-state index is -0.609. The molecule has 0 aliphatic heterocycles. The van der Waals surface area contributed by atoms with Crippen LogP contribution >= 0.6 is 11.8 Å². The highest BCUT2D eigenvalue weighted by Crippen LogP contribution is 2.30. The highest BCUT2D eigenvalue weighted by atomic mass is 32.2. The normalized spacial score (nSPS) is 12.4. The van der Waals surface area contributed by atoms with Crippen LogP contribution in [0.5, 0.6) is 0 Å². The summed E-state index contributed by atoms with van der Waals surface area (Å²) in [5.74, 6) is -1.22. The number of halogens is 2. The van der Waals surface area contributed by atoms with Crippen molar-refractivity contribution in [3.05, 3.63) is 47.3 Å². The highest BCUT2D eigenvalue weighted by Gasteiger charge is 2.15. The Morgan fingerprint density at radius 1 is 1.19 bits per heavy atom. The van der Waals surface area contributed by atoms with Gasteiger partial charge in [-0.3, -0.25) is 0 Å². The molecule has 0 spiro atoms. The van der Waals surface area contributed by atoms with E-state index in [0.717, 1.165) is 23.7 Å². The maximum atomic E-state index is 14.1. The van der Waals surface area contributed by atoms with Crippen LogP contribution in [-0.2, 0) is 6.42 Å². The smallest absolute Gasteiger partial charge is 0.192 e. The van der Waals surface area contributed by atoms with Gasteiger partial charge >= 0.3 is 0 Å². The number of hydrogen-bond donors (Lipinski definition) is 1. The average Bonchev–Trinajstić information content (AvgIpc) is 2.44. The first kappa shape index (κ1) is 15.9. The van der Waals surface area contributed by atoms with E-state index in [0.29, 0.717) is 17.1 Å². The number of nitrogens with zero attached hydrogens (tertiary/aromatic N) is 2. The number of hydrogen-bond acceptors (Lipinski definition) is 4. The maximum absolute atomic E-state index is 14.1. The van der Waals surface area contributed by atoms with E-state index in [-0.39, 0.29) is 10.9 Å². The zero-order valence-corrected chi connectivity index (χ0v) is 12.8. The molecule has 1 atom stereocenters. The molecule has 0 radical (unpaired) electrons. The third-order valence-electron chi connectivity index (χ3n) is 3.03. The number of aromatic nitrogens is 2. The maximum Gasteiger partial charge on any atom is 0.192 e. The number of benzene rings is 1. The fraction of sp³-hybridized carbons (Fsp3) is 0.333. The van der Waals surface area contributed by atoms with Gasteiger partial charge in [0, 0.05) is 18.4 Å². The Morgan fingerprint density at radius 3 is 2.29 bits per heavy atom. The van der Waals surface area contributed by atoms with Crippen LogP contribution in [0.2, 0.25) is 0 Å². The van der Waals surface area contributed by atoms with Gasteiger partial charge in [0.25, 0.3) is 0 Å². The lowest BCUT2D eigenvalue weighted by Crippen LogP contribution is -2.21. The lowest BCUT2D eigenvalue weighted by atomic mass is 10.0. The van der Waals surface area contributed by atoms with E-state index >= 15 is 0 Å². The van der Waals surface area contributed by atoms with E-state index in [2.05, 4.69) is 9.97 Å². The quantitative estimate of drug-likeness (QED) is 0.859. The van der Waals surface area contributed by atoms with Gasteiger partial charge < -0.3 is 5.73 Å². The van der Waals surface area contributed by atoms with Gasteiger partial charge in [-0.2, -0.15) is 0 Å². The Bertz CT molecular complexity index is 594. The Hall–Kier alpha value is -1.53. The fourth-order valence-electron chi connectivity index (χ4n) is 1.80. The molecule has 2 N–H and O–H groups in total. The molecule has 0 aliphatic carbocycles. The molecule has 0 saturated heterocycles. The molecule has 0 amide bonds. The fourth-order valence-corrected chi connectivity index (χ4v) is 2.51. The molecule has 2 aromatic rings. The molecule has 0 saturated carbocycles. The van der Waals surface area contributed by atoms with Gasteiger partial charge in [-0.05, 0) is 54.8 Å². The van der Waals surface area contributed by atoms with Gasteiger partial charge in [-0.15, -0.1) is 0 Å². The van der Waals surface area contributed by atoms with Crippen molar-refractivity contribution in [1.82, 2.24) is 9.97 Å². The Balaban J connectivity index is 2.22. The summed E-state index contributed by atoms with van der Waals surface area (Å²) in [4.78, 5) is 7.99. The zero-order valence-electron chi connectivity index (χ0n) is 11.9. The first-order valence-electron chi connectivity index (χ1n) is 6.69. The van der Waals surface area contributed by atoms with Crippen molar-refractivity contribution in [2.45, 2.75) is 42.8 Å². The zero-order chi connectivity index (χ0) is 15.4. The van der Waals surface area contributed by atoms with E-state index in [1.165, 1.54) is 12.1 Å². The second-order valence-corrected chi connectivity index (χ2v) is 5.88. The Kier molecular flexibility index (Phi) is 5.25. The lowest BCUT2D eigenvalue weighted by molar-refractivity contribution is 0.533. The first-order chi connectivity index (χ1) is 9.99. The monoisotopic (exact) mass is 309 g/mol. The molecule has 1 heterocycles. The molecular formula is C15H17F2N3S. The summed E-state index contributed by atoms with van der Waals surface area (Å²) in [7, 11) is 0. The summed E-state index contributed by atoms with van der Waals surface area (Å²) in [6.07, 6.45) is 4.44. The van der Waals surface area contributed by atoms with Gasteiger partial charge in [-0.1, -0.05) is 6.92 Å². The van der Waals surface area contributed by atoms with E-state index in [4.69, 9.17) is 5.73 Å². The third kappa shape index (κ3) is 4.22. The second-order valence-electron chi connectivity index (χ2n) is 4.91. The molecule has 2 rings (SSSR count). The minimum absolute atomic E-state index is 0.0901. The standard InChI is InChI=1S/C15H17F2N3S/c1-3-11(18)4-10-5-12(16)14(13(17)6-10)21-15-19-7-9(2)8-20-15/h5-8,11H,3-4,18H2,1-2H3. The largest absolute Gasteiger partial charge is 0.327 e. The molecule has 21 heavy (non-hydrogen) atoms. The number of aryl methyl sites for hydroxylation is 1. The second kappa shape index (κ2) is 6.95. The summed E-state index contributed by atoms with van der Waals surface area (Å²) in [5.41, 5.74) is 7.27. The van der Waals surface area contributed by atoms with Crippen LogP contribution in [-0.4, -0.2) is 16.0 Å². The van der Waals surface area contributed by atoms with Crippen LogP contribution in [0.4, 0.5) is 8.78 Å². The molecule has 1 aromatic heterocycles. The third-order valence-corrected chi connectivity index (χ3v) is 4.02. The Labute approximate surface area is 127 Å². The topological polar surface area (TPSA) is 51.8 Å². The van der Waals surface area contributed by atoms with Crippen molar-refractivity contribution in [2.75, 3.05) is 0 Å². The van der Waals surface area contributed by atoms with Crippen molar-refractivity contribution in [1.29, 1.82) is 0 Å². The van der Waals surface area contributed by atoms with Gasteiger partial charge in [0.1, 0.15) is 11.6 Å². The Morgan fingerprint density at radius 2 is 1.76 bits per heavy atom. The summed E-state index contributed by atoms with van der Waals surface area (Å²) in [5, 5.41) is 0.316. The molecule has 1 unspecified atom stereocenters. The van der Waals surface area contributed by atoms with Crippen molar-refractivity contribution in [3.63, 3.8) is 0 Å². The van der Waals surface area contributed by atoms with Crippen molar-refractivity contribution in [3.8, 4) is 0 Å². The molecular weight excluding hydrogens is 292 g/mol. The van der Waals surface area contributed by atoms with Crippen LogP contribution in [0.15, 0.2) is 34.6 Å². The van der Waals surface area contributed by atoms with E-state index < -0.39 is 11.6 Å². The lowest BCUT2D eigenvalue weighted by Gasteiger charge is -2.11. The highest BCUT2D eigenvalue weighted by molar-refractivity contribution is 7.99. The summed E-state index contributed by atoms with van der Waals surface area (Å²) in [6, 6.07) is 2.56. The van der Waals surface area contributed by atoms with Crippen LogP contribution in [0, 0.1) is 18.6 Å². The predicted octanol–water partition coefficient (Wildman–Crippen LogP) is 3.49. The predicted molar refractivity (Wildman–Crippen MR) is 79.2 cm³/mol. The van der Waals surface area contributed by atoms with Crippen LogP contribution < -0.4 is 5.73 Å². The van der Waals surface area contributed by atoms with Gasteiger partial charge in [0.2, 0.25) is 0 Å². The molecule has 0 fully saturated rings. The van der Waals surface area contributed by atoms with E-state index in [9.17, 15) is 8.78 Å². The van der Waals surface area contributed by atoms with Gasteiger partial charge in [0.15, 0.2) is 5.16 Å². The summed E-state index contributed by atoms with van der Waals surface area (Å²) < 4.78 is 28.1. The molecule has 6 heteroatoms. The van der Waals surface area contributed by atoms with Gasteiger partial charge in [-0.25, -0.2) is 18.7 Å². The average molecular weight is 309 g/mol. The van der Waals surface area contributed by atoms with Crippen LogP contribution in [0.25, 0.3) is 0 Å². The number of rotatable bonds is 5. The molecule has 0 aliphatic rings. The van der Waals surface area contributed by atoms with Crippen molar-refractivity contribution >= 4 is 11.8 Å². The molecule has 1 aromatic carbocycles. The first-order valence-corrected chi connectivity index (χ1v) is 7.51. The minimum Gasteiger partial charge on any atom is -0.327 e. The SMILES string of the molecule is CCC(N)Cc1cc(F)c(Sc2ncc(C)cn2)c(F)c1.